The zero-order valence-electron chi connectivity index (χ0n) is 18.1. The van der Waals surface area contributed by atoms with E-state index in [1.165, 1.54) is 15.2 Å². The largest absolute Gasteiger partial charge is 0.416 e. The van der Waals surface area contributed by atoms with Crippen LogP contribution >= 0.6 is 0 Å². The summed E-state index contributed by atoms with van der Waals surface area (Å²) in [7, 11) is 0. The Hall–Kier alpha value is -3.94. The zero-order valence-corrected chi connectivity index (χ0v) is 18.1. The van der Waals surface area contributed by atoms with Gasteiger partial charge in [0.2, 0.25) is 0 Å². The Morgan fingerprint density at radius 1 is 0.676 bits per heavy atom. The number of rotatable bonds is 8. The number of carbonyl (C=O) groups excluding carboxylic acids is 2. The highest BCUT2D eigenvalue weighted by Gasteiger charge is 2.31. The molecule has 3 aromatic carbocycles. The van der Waals surface area contributed by atoms with E-state index >= 15 is 0 Å². The molecule has 4 rings (SSSR count). The van der Waals surface area contributed by atoms with Crippen molar-refractivity contribution in [3.8, 4) is 0 Å². The molecule has 0 N–H and O–H groups in total. The lowest BCUT2D eigenvalue weighted by Crippen LogP contribution is -2.26. The molecule has 0 saturated heterocycles. The molecule has 0 spiro atoms. The van der Waals surface area contributed by atoms with Gasteiger partial charge >= 0.3 is 11.9 Å². The minimum Gasteiger partial charge on any atom is -0.294 e. The third-order valence-corrected chi connectivity index (χ3v) is 5.66. The number of fused-ring (bicyclic) bond motifs is 1. The molecule has 0 saturated carbocycles. The molecule has 0 aliphatic carbocycles. The SMILES string of the molecule is O=C(CCn1c(=O)n(CCC(=O)c2ccccc2)c2cc(C(F)(F)F)ccc21)c1ccccc1. The van der Waals surface area contributed by atoms with Crippen molar-refractivity contribution in [2.24, 2.45) is 0 Å². The van der Waals surface area contributed by atoms with Gasteiger partial charge < -0.3 is 0 Å². The Morgan fingerprint density at radius 3 is 1.62 bits per heavy atom. The molecule has 0 amide bonds. The number of aromatic nitrogens is 2. The Labute approximate surface area is 193 Å². The molecule has 0 radical (unpaired) electrons. The molecule has 0 fully saturated rings. The minimum absolute atomic E-state index is 0.00695. The maximum absolute atomic E-state index is 13.3. The van der Waals surface area contributed by atoms with Crippen molar-refractivity contribution >= 4 is 22.6 Å². The van der Waals surface area contributed by atoms with Crippen molar-refractivity contribution in [3.05, 3.63) is 106 Å². The highest BCUT2D eigenvalue weighted by atomic mass is 19.4. The van der Waals surface area contributed by atoms with E-state index in [0.29, 0.717) is 11.1 Å². The molecule has 8 heteroatoms. The summed E-state index contributed by atoms with van der Waals surface area (Å²) in [6.45, 7) is -0.0714. The normalized spacial score (nSPS) is 11.6. The first-order valence-corrected chi connectivity index (χ1v) is 10.7. The lowest BCUT2D eigenvalue weighted by molar-refractivity contribution is -0.137. The number of benzene rings is 3. The molecule has 0 aliphatic heterocycles. The standard InChI is InChI=1S/C26H21F3N2O3/c27-26(28,29)20-11-12-21-22(17-20)31(16-14-24(33)19-9-5-2-6-10-19)25(34)30(21)15-13-23(32)18-7-3-1-4-8-18/h1-12,17H,13-16H2. The minimum atomic E-state index is -4.58. The maximum Gasteiger partial charge on any atom is 0.416 e. The predicted molar refractivity (Wildman–Crippen MR) is 122 cm³/mol. The van der Waals surface area contributed by atoms with Crippen LogP contribution in [-0.2, 0) is 19.3 Å². The van der Waals surface area contributed by atoms with Crippen molar-refractivity contribution in [2.75, 3.05) is 0 Å². The number of hydrogen-bond acceptors (Lipinski definition) is 3. The number of ketones is 2. The number of Topliss-reactive ketones (excluding diaryl/α,β-unsaturated/α-hetero) is 2. The van der Waals surface area contributed by atoms with Crippen molar-refractivity contribution in [1.29, 1.82) is 0 Å². The van der Waals surface area contributed by atoms with Gasteiger partial charge in [0.1, 0.15) is 0 Å². The summed E-state index contributed by atoms with van der Waals surface area (Å²) >= 11 is 0. The summed E-state index contributed by atoms with van der Waals surface area (Å²) in [6, 6.07) is 20.1. The Bertz CT molecular complexity index is 1390. The lowest BCUT2D eigenvalue weighted by atomic mass is 10.1. The van der Waals surface area contributed by atoms with Gasteiger partial charge in [-0.15, -0.1) is 0 Å². The zero-order chi connectivity index (χ0) is 24.3. The third-order valence-electron chi connectivity index (χ3n) is 5.66. The second kappa shape index (κ2) is 9.51. The summed E-state index contributed by atoms with van der Waals surface area (Å²) in [6.07, 6.45) is -4.63. The number of aryl methyl sites for hydroxylation is 2. The van der Waals surface area contributed by atoms with Crippen LogP contribution in [0, 0.1) is 0 Å². The van der Waals surface area contributed by atoms with Crippen LogP contribution in [-0.4, -0.2) is 20.7 Å². The number of nitrogens with zero attached hydrogens (tertiary/aromatic N) is 2. The summed E-state index contributed by atoms with van der Waals surface area (Å²) < 4.78 is 42.5. The average Bonchev–Trinajstić information content (AvgIpc) is 3.11. The molecular formula is C26H21F3N2O3. The first-order valence-electron chi connectivity index (χ1n) is 10.7. The molecule has 5 nitrogen and oxygen atoms in total. The van der Waals surface area contributed by atoms with Crippen molar-refractivity contribution in [2.45, 2.75) is 32.1 Å². The number of carbonyl (C=O) groups is 2. The lowest BCUT2D eigenvalue weighted by Gasteiger charge is -2.08. The Balaban J connectivity index is 1.67. The van der Waals surface area contributed by atoms with Gasteiger partial charge in [-0.25, -0.2) is 4.79 Å². The van der Waals surface area contributed by atoms with E-state index in [9.17, 15) is 27.6 Å². The summed E-state index contributed by atoms with van der Waals surface area (Å²) in [4.78, 5) is 38.2. The average molecular weight is 466 g/mol. The highest BCUT2D eigenvalue weighted by Crippen LogP contribution is 2.31. The fraction of sp³-hybridized carbons (Fsp3) is 0.192. The van der Waals surface area contributed by atoms with E-state index in [2.05, 4.69) is 0 Å². The van der Waals surface area contributed by atoms with Gasteiger partial charge in [0, 0.05) is 37.1 Å². The van der Waals surface area contributed by atoms with Crippen molar-refractivity contribution in [3.63, 3.8) is 0 Å². The van der Waals surface area contributed by atoms with Crippen molar-refractivity contribution in [1.82, 2.24) is 9.13 Å². The molecule has 0 aliphatic rings. The first kappa shape index (κ1) is 23.2. The van der Waals surface area contributed by atoms with Crippen LogP contribution in [0.15, 0.2) is 83.7 Å². The number of imidazole rings is 1. The topological polar surface area (TPSA) is 61.1 Å². The van der Waals surface area contributed by atoms with E-state index in [1.807, 2.05) is 0 Å². The Kier molecular flexibility index (Phi) is 6.49. The molecular weight excluding hydrogens is 445 g/mol. The summed E-state index contributed by atoms with van der Waals surface area (Å²) in [5, 5.41) is 0. The van der Waals surface area contributed by atoms with E-state index in [4.69, 9.17) is 0 Å². The Morgan fingerprint density at radius 2 is 1.15 bits per heavy atom. The molecule has 1 aromatic heterocycles. The van der Waals surface area contributed by atoms with Crippen LogP contribution in [0.5, 0.6) is 0 Å². The second-order valence-corrected chi connectivity index (χ2v) is 7.87. The molecule has 0 unspecified atom stereocenters. The molecule has 1 heterocycles. The fourth-order valence-corrected chi connectivity index (χ4v) is 3.89. The number of halogens is 3. The van der Waals surface area contributed by atoms with Gasteiger partial charge in [-0.3, -0.25) is 18.7 Å². The van der Waals surface area contributed by atoms with E-state index in [-0.39, 0.29) is 48.5 Å². The summed E-state index contributed by atoms with van der Waals surface area (Å²) in [5.74, 6) is -0.404. The molecule has 0 atom stereocenters. The van der Waals surface area contributed by atoms with Crippen molar-refractivity contribution < 1.29 is 22.8 Å². The van der Waals surface area contributed by atoms with Gasteiger partial charge in [0.15, 0.2) is 11.6 Å². The van der Waals surface area contributed by atoms with Gasteiger partial charge in [-0.1, -0.05) is 60.7 Å². The predicted octanol–water partition coefficient (Wildman–Crippen LogP) is 5.37. The van der Waals surface area contributed by atoms with Crippen LogP contribution in [0.3, 0.4) is 0 Å². The van der Waals surface area contributed by atoms with Crippen LogP contribution in [0.4, 0.5) is 13.2 Å². The van der Waals surface area contributed by atoms with Gasteiger partial charge in [0.05, 0.1) is 16.6 Å². The second-order valence-electron chi connectivity index (χ2n) is 7.87. The quantitative estimate of drug-likeness (QED) is 0.328. The smallest absolute Gasteiger partial charge is 0.294 e. The van der Waals surface area contributed by atoms with E-state index in [1.54, 1.807) is 60.7 Å². The molecule has 4 aromatic rings. The number of alkyl halides is 3. The van der Waals surface area contributed by atoms with E-state index in [0.717, 1.165) is 12.1 Å². The van der Waals surface area contributed by atoms with Gasteiger partial charge in [-0.05, 0) is 18.2 Å². The van der Waals surface area contributed by atoms with Crippen LogP contribution in [0.25, 0.3) is 11.0 Å². The number of hydrogen-bond donors (Lipinski definition) is 0. The third kappa shape index (κ3) is 4.85. The summed E-state index contributed by atoms with van der Waals surface area (Å²) in [5.41, 5.74) is -0.133. The van der Waals surface area contributed by atoms with Gasteiger partial charge in [-0.2, -0.15) is 13.2 Å². The van der Waals surface area contributed by atoms with Gasteiger partial charge in [0.25, 0.3) is 0 Å². The fourth-order valence-electron chi connectivity index (χ4n) is 3.89. The highest BCUT2D eigenvalue weighted by molar-refractivity contribution is 5.96. The monoisotopic (exact) mass is 466 g/mol. The maximum atomic E-state index is 13.3. The molecule has 174 valence electrons. The molecule has 34 heavy (non-hydrogen) atoms. The van der Waals surface area contributed by atoms with Crippen LogP contribution in [0.1, 0.15) is 39.1 Å². The van der Waals surface area contributed by atoms with E-state index < -0.39 is 17.4 Å². The van der Waals surface area contributed by atoms with Crippen LogP contribution < -0.4 is 5.69 Å². The molecule has 0 bridgehead atoms. The first-order chi connectivity index (χ1) is 16.3. The van der Waals surface area contributed by atoms with Crippen LogP contribution in [0.2, 0.25) is 0 Å².